The number of hydrogen-bond donors (Lipinski definition) is 0. The number of rotatable bonds is 5. The second-order valence-corrected chi connectivity index (χ2v) is 16.5. The Kier molecular flexibility index (Phi) is 8.83. The minimum Gasteiger partial charge on any atom is -0.447 e. The molecule has 1 fully saturated rings. The Morgan fingerprint density at radius 3 is 1.94 bits per heavy atom. The maximum absolute atomic E-state index is 13.0. The third kappa shape index (κ3) is 6.49. The van der Waals surface area contributed by atoms with Crippen molar-refractivity contribution >= 4 is 20.1 Å². The fourth-order valence-electron chi connectivity index (χ4n) is 4.73. The van der Waals surface area contributed by atoms with Gasteiger partial charge in [-0.1, -0.05) is 47.5 Å². The smallest absolute Gasteiger partial charge is 0.413 e. The number of carbonyl (C=O) groups excluding carboxylic acids is 2. The first-order valence-electron chi connectivity index (χ1n) is 11.3. The van der Waals surface area contributed by atoms with Gasteiger partial charge in [-0.15, -0.1) is 5.54 Å². The standard InChI is InChI=1S/C24H43NO5Si/c1-16(2)31(17(3)4,18(5)6)14-13-21(29-19(7)26)20-15-28-24(11,12)25(20)22(27)30-23(8,9)10/h16-18,20-21H,15H2,1-12H3/t20-,21+/m0/s1. The van der Waals surface area contributed by atoms with Crippen LogP contribution in [0, 0.1) is 11.5 Å². The van der Waals surface area contributed by atoms with Gasteiger partial charge in [0.15, 0.2) is 6.10 Å². The highest BCUT2D eigenvalue weighted by Gasteiger charge is 2.50. The SMILES string of the molecule is CC(=O)O[C@H](C#C[Si](C(C)C)(C(C)C)C(C)C)[C@@H]1COC(C)(C)N1C(=O)OC(C)(C)C. The number of esters is 1. The second-order valence-electron chi connectivity index (χ2n) is 10.9. The summed E-state index contributed by atoms with van der Waals surface area (Å²) in [6, 6.07) is -0.542. The third-order valence-corrected chi connectivity index (χ3v) is 12.4. The Morgan fingerprint density at radius 2 is 1.55 bits per heavy atom. The largest absolute Gasteiger partial charge is 0.447 e. The van der Waals surface area contributed by atoms with Crippen molar-refractivity contribution in [2.45, 2.75) is 123 Å². The van der Waals surface area contributed by atoms with E-state index in [4.69, 9.17) is 14.2 Å². The van der Waals surface area contributed by atoms with E-state index in [1.165, 1.54) is 11.8 Å². The minimum atomic E-state index is -2.04. The molecule has 0 aliphatic carbocycles. The lowest BCUT2D eigenvalue weighted by molar-refractivity contribution is -0.146. The fourth-order valence-corrected chi connectivity index (χ4v) is 9.99. The molecule has 1 aliphatic heterocycles. The van der Waals surface area contributed by atoms with Crippen LogP contribution in [0.1, 0.15) is 83.1 Å². The molecule has 2 atom stereocenters. The Morgan fingerprint density at radius 1 is 1.06 bits per heavy atom. The van der Waals surface area contributed by atoms with Gasteiger partial charge in [0.2, 0.25) is 0 Å². The van der Waals surface area contributed by atoms with Crippen LogP contribution in [0.3, 0.4) is 0 Å². The average Bonchev–Trinajstić information content (AvgIpc) is 2.86. The lowest BCUT2D eigenvalue weighted by Crippen LogP contribution is -2.54. The summed E-state index contributed by atoms with van der Waals surface area (Å²) in [5, 5.41) is 0. The molecule has 7 heteroatoms. The predicted octanol–water partition coefficient (Wildman–Crippen LogP) is 5.51. The van der Waals surface area contributed by atoms with Gasteiger partial charge in [-0.2, -0.15) is 0 Å². The van der Waals surface area contributed by atoms with E-state index in [1.54, 1.807) is 0 Å². The van der Waals surface area contributed by atoms with Crippen molar-refractivity contribution in [1.29, 1.82) is 0 Å². The first-order valence-corrected chi connectivity index (χ1v) is 13.5. The van der Waals surface area contributed by atoms with Crippen LogP contribution in [-0.4, -0.2) is 55.1 Å². The molecule has 1 amide bonds. The van der Waals surface area contributed by atoms with Crippen molar-refractivity contribution in [3.05, 3.63) is 0 Å². The molecular formula is C24H43NO5Si. The zero-order valence-corrected chi connectivity index (χ0v) is 22.6. The highest BCUT2D eigenvalue weighted by molar-refractivity contribution is 6.90. The third-order valence-electron chi connectivity index (χ3n) is 6.05. The van der Waals surface area contributed by atoms with Crippen molar-refractivity contribution in [1.82, 2.24) is 4.90 Å². The maximum Gasteiger partial charge on any atom is 0.413 e. The van der Waals surface area contributed by atoms with Crippen LogP contribution >= 0.6 is 0 Å². The van der Waals surface area contributed by atoms with E-state index >= 15 is 0 Å². The van der Waals surface area contributed by atoms with Crippen LogP contribution in [0.15, 0.2) is 0 Å². The van der Waals surface area contributed by atoms with Crippen LogP contribution in [-0.2, 0) is 19.0 Å². The molecule has 6 nitrogen and oxygen atoms in total. The van der Waals surface area contributed by atoms with Gasteiger partial charge in [0, 0.05) is 6.92 Å². The topological polar surface area (TPSA) is 65.1 Å². The molecule has 0 radical (unpaired) electrons. The van der Waals surface area contributed by atoms with Crippen LogP contribution in [0.5, 0.6) is 0 Å². The summed E-state index contributed by atoms with van der Waals surface area (Å²) in [6.07, 6.45) is -1.28. The van der Waals surface area contributed by atoms with Crippen molar-refractivity contribution in [3.8, 4) is 11.5 Å². The average molecular weight is 454 g/mol. The molecule has 178 valence electrons. The van der Waals surface area contributed by atoms with Crippen molar-refractivity contribution in [2.75, 3.05) is 6.61 Å². The number of ether oxygens (including phenoxy) is 3. The Labute approximate surface area is 190 Å². The van der Waals surface area contributed by atoms with Crippen molar-refractivity contribution < 1.29 is 23.8 Å². The summed E-state index contributed by atoms with van der Waals surface area (Å²) in [6.45, 7) is 24.1. The fraction of sp³-hybridized carbons (Fsp3) is 0.833. The highest BCUT2D eigenvalue weighted by atomic mass is 28.3. The van der Waals surface area contributed by atoms with Gasteiger partial charge in [-0.25, -0.2) is 4.79 Å². The molecule has 0 unspecified atom stereocenters. The van der Waals surface area contributed by atoms with Gasteiger partial charge in [0.25, 0.3) is 0 Å². The van der Waals surface area contributed by atoms with Crippen molar-refractivity contribution in [3.63, 3.8) is 0 Å². The molecule has 0 saturated carbocycles. The summed E-state index contributed by atoms with van der Waals surface area (Å²) in [7, 11) is -2.04. The zero-order valence-electron chi connectivity index (χ0n) is 21.6. The monoisotopic (exact) mass is 453 g/mol. The summed E-state index contributed by atoms with van der Waals surface area (Å²) >= 11 is 0. The molecule has 1 aliphatic rings. The van der Waals surface area contributed by atoms with Crippen LogP contribution in [0.2, 0.25) is 16.6 Å². The Bertz CT molecular complexity index is 690. The van der Waals surface area contributed by atoms with E-state index in [0.29, 0.717) is 16.6 Å². The van der Waals surface area contributed by atoms with Gasteiger partial charge in [-0.05, 0) is 51.2 Å². The van der Waals surface area contributed by atoms with Crippen LogP contribution in [0.4, 0.5) is 4.79 Å². The van der Waals surface area contributed by atoms with E-state index in [9.17, 15) is 9.59 Å². The lowest BCUT2D eigenvalue weighted by atomic mass is 10.1. The number of carbonyl (C=O) groups is 2. The van der Waals surface area contributed by atoms with E-state index in [0.717, 1.165) is 0 Å². The molecule has 1 rings (SSSR count). The molecular weight excluding hydrogens is 410 g/mol. The Hall–Kier alpha value is -1.52. The molecule has 0 bridgehead atoms. The maximum atomic E-state index is 13.0. The van der Waals surface area contributed by atoms with Gasteiger partial charge in [0.1, 0.15) is 25.4 Å². The number of nitrogens with zero attached hydrogens (tertiary/aromatic N) is 1. The van der Waals surface area contributed by atoms with E-state index in [-0.39, 0.29) is 6.61 Å². The van der Waals surface area contributed by atoms with Gasteiger partial charge >= 0.3 is 12.1 Å². The van der Waals surface area contributed by atoms with Crippen LogP contribution < -0.4 is 0 Å². The minimum absolute atomic E-state index is 0.221. The second kappa shape index (κ2) is 9.95. The summed E-state index contributed by atoms with van der Waals surface area (Å²) < 4.78 is 17.2. The van der Waals surface area contributed by atoms with Crippen LogP contribution in [0.25, 0.3) is 0 Å². The van der Waals surface area contributed by atoms with Crippen molar-refractivity contribution in [2.24, 2.45) is 0 Å². The quantitative estimate of drug-likeness (QED) is 0.312. The molecule has 1 saturated heterocycles. The molecule has 0 aromatic rings. The predicted molar refractivity (Wildman–Crippen MR) is 126 cm³/mol. The first-order chi connectivity index (χ1) is 14.0. The summed E-state index contributed by atoms with van der Waals surface area (Å²) in [5.41, 5.74) is 3.40. The first kappa shape index (κ1) is 27.5. The molecule has 0 aromatic heterocycles. The molecule has 0 spiro atoms. The molecule has 0 aromatic carbocycles. The van der Waals surface area contributed by atoms with Gasteiger partial charge in [0.05, 0.1) is 6.61 Å². The molecule has 1 heterocycles. The summed E-state index contributed by atoms with van der Waals surface area (Å²) in [4.78, 5) is 26.5. The van der Waals surface area contributed by atoms with Gasteiger partial charge in [-0.3, -0.25) is 9.69 Å². The van der Waals surface area contributed by atoms with Gasteiger partial charge < -0.3 is 14.2 Å². The number of amides is 1. The number of hydrogen-bond acceptors (Lipinski definition) is 5. The normalized spacial score (nSPS) is 20.0. The molecule has 0 N–H and O–H groups in total. The molecule has 31 heavy (non-hydrogen) atoms. The van der Waals surface area contributed by atoms with E-state index in [2.05, 4.69) is 53.0 Å². The zero-order chi connectivity index (χ0) is 24.4. The Balaban J connectivity index is 3.47. The summed E-state index contributed by atoms with van der Waals surface area (Å²) in [5.74, 6) is 2.87. The van der Waals surface area contributed by atoms with E-state index in [1.807, 2.05) is 34.6 Å². The lowest BCUT2D eigenvalue weighted by Gasteiger charge is -2.39. The van der Waals surface area contributed by atoms with E-state index < -0.39 is 43.6 Å². The highest BCUT2D eigenvalue weighted by Crippen LogP contribution is 2.41.